The molecule has 1 amide bonds. The van der Waals surface area contributed by atoms with Crippen LogP contribution in [-0.4, -0.2) is 36.1 Å². The van der Waals surface area contributed by atoms with Gasteiger partial charge in [-0.1, -0.05) is 66.7 Å². The molecule has 0 aliphatic heterocycles. The molecule has 0 fully saturated rings. The highest BCUT2D eigenvalue weighted by Crippen LogP contribution is 2.32. The maximum atomic E-state index is 13.3. The van der Waals surface area contributed by atoms with Crippen molar-refractivity contribution >= 4 is 27.5 Å². The molecular weight excluding hydrogens is 418 g/mol. The number of sulfone groups is 1. The lowest BCUT2D eigenvalue weighted by atomic mass is 10.2. The number of carbonyl (C=O) groups excluding carboxylic acids is 1. The molecule has 1 atom stereocenters. The molecule has 2 aromatic carbocycles. The summed E-state index contributed by atoms with van der Waals surface area (Å²) in [5.74, 6) is 0.378. The van der Waals surface area contributed by atoms with Crippen molar-refractivity contribution in [3.63, 3.8) is 0 Å². The van der Waals surface area contributed by atoms with E-state index < -0.39 is 9.84 Å². The molecule has 0 bridgehead atoms. The molecule has 0 saturated carbocycles. The Hall–Kier alpha value is -2.58. The highest BCUT2D eigenvalue weighted by atomic mass is 32.2. The summed E-state index contributed by atoms with van der Waals surface area (Å²) in [4.78, 5) is 19.9. The normalized spacial score (nSPS) is 12.5. The molecule has 3 aromatic rings. The van der Waals surface area contributed by atoms with Gasteiger partial charge in [-0.15, -0.1) is 0 Å². The number of rotatable bonds is 8. The third-order valence-corrected chi connectivity index (χ3v) is 7.48. The van der Waals surface area contributed by atoms with Crippen molar-refractivity contribution in [1.29, 1.82) is 0 Å². The van der Waals surface area contributed by atoms with Gasteiger partial charge in [-0.05, 0) is 32.4 Å². The zero-order valence-corrected chi connectivity index (χ0v) is 18.8. The van der Waals surface area contributed by atoms with Gasteiger partial charge in [0.2, 0.25) is 15.7 Å². The molecule has 6 nitrogen and oxygen atoms in total. The largest absolute Gasteiger partial charge is 0.353 e. The summed E-state index contributed by atoms with van der Waals surface area (Å²) in [5, 5.41) is 3.18. The smallest absolute Gasteiger partial charge is 0.230 e. The van der Waals surface area contributed by atoms with Crippen LogP contribution >= 0.6 is 11.8 Å². The molecule has 1 unspecified atom stereocenters. The van der Waals surface area contributed by atoms with Crippen molar-refractivity contribution in [3.8, 4) is 11.4 Å². The lowest BCUT2D eigenvalue weighted by Crippen LogP contribution is -2.33. The van der Waals surface area contributed by atoms with E-state index in [1.54, 1.807) is 24.3 Å². The van der Waals surface area contributed by atoms with E-state index in [-0.39, 0.29) is 32.6 Å². The van der Waals surface area contributed by atoms with Gasteiger partial charge >= 0.3 is 0 Å². The lowest BCUT2D eigenvalue weighted by molar-refractivity contribution is -0.119. The van der Waals surface area contributed by atoms with Crippen molar-refractivity contribution in [3.05, 3.63) is 60.2 Å². The Bertz CT molecular complexity index is 1110. The Morgan fingerprint density at radius 3 is 2.43 bits per heavy atom. The minimum Gasteiger partial charge on any atom is -0.353 e. The van der Waals surface area contributed by atoms with Crippen LogP contribution in [0, 0.1) is 6.92 Å². The van der Waals surface area contributed by atoms with Crippen LogP contribution in [-0.2, 0) is 14.6 Å². The van der Waals surface area contributed by atoms with Gasteiger partial charge in [-0.3, -0.25) is 4.79 Å². The fourth-order valence-electron chi connectivity index (χ4n) is 2.74. The quantitative estimate of drug-likeness (QED) is 0.509. The third kappa shape index (κ3) is 5.12. The number of aromatic amines is 1. The minimum absolute atomic E-state index is 0.00606. The predicted molar refractivity (Wildman–Crippen MR) is 119 cm³/mol. The first kappa shape index (κ1) is 22.1. The van der Waals surface area contributed by atoms with Gasteiger partial charge in [0.15, 0.2) is 5.03 Å². The van der Waals surface area contributed by atoms with Gasteiger partial charge in [-0.2, -0.15) is 0 Å². The zero-order chi connectivity index (χ0) is 21.7. The van der Waals surface area contributed by atoms with Crippen LogP contribution in [0.4, 0.5) is 0 Å². The van der Waals surface area contributed by atoms with Crippen molar-refractivity contribution in [1.82, 2.24) is 15.3 Å². The first-order valence-electron chi connectivity index (χ1n) is 9.70. The predicted octanol–water partition coefficient (Wildman–Crippen LogP) is 4.22. The second kappa shape index (κ2) is 9.49. The molecule has 1 aromatic heterocycles. The van der Waals surface area contributed by atoms with Crippen LogP contribution in [0.15, 0.2) is 69.5 Å². The molecule has 0 aliphatic carbocycles. The van der Waals surface area contributed by atoms with E-state index in [0.717, 1.165) is 29.3 Å². The van der Waals surface area contributed by atoms with Crippen LogP contribution < -0.4 is 5.32 Å². The number of carbonyl (C=O) groups is 1. The molecule has 3 rings (SSSR count). The second-order valence-electron chi connectivity index (χ2n) is 7.07. The lowest BCUT2D eigenvalue weighted by Gasteiger charge is -2.10. The molecule has 158 valence electrons. The van der Waals surface area contributed by atoms with Gasteiger partial charge in [-0.25, -0.2) is 13.4 Å². The summed E-state index contributed by atoms with van der Waals surface area (Å²) in [6.45, 7) is 5.82. The standard InChI is InChI=1S/C22H25N3O3S2/c1-4-16(3)23-19(26)14-29-21-22(25-20(24-21)17-8-6-5-7-9-17)30(27,28)18-12-10-15(2)11-13-18/h5-13,16H,4,14H2,1-3H3,(H,23,26)(H,24,25). The van der Waals surface area contributed by atoms with Crippen molar-refractivity contribution in [2.45, 2.75) is 48.2 Å². The summed E-state index contributed by atoms with van der Waals surface area (Å²) < 4.78 is 26.6. The molecule has 0 radical (unpaired) electrons. The molecule has 30 heavy (non-hydrogen) atoms. The number of imidazole rings is 1. The zero-order valence-electron chi connectivity index (χ0n) is 17.2. The average molecular weight is 444 g/mol. The van der Waals surface area contributed by atoms with E-state index in [4.69, 9.17) is 0 Å². The average Bonchev–Trinajstić information content (AvgIpc) is 3.18. The first-order valence-corrected chi connectivity index (χ1v) is 12.2. The number of H-pyrrole nitrogens is 1. The number of nitrogens with one attached hydrogen (secondary N) is 2. The van der Waals surface area contributed by atoms with Gasteiger partial charge < -0.3 is 10.3 Å². The summed E-state index contributed by atoms with van der Waals surface area (Å²) in [7, 11) is -3.82. The molecule has 0 spiro atoms. The Balaban J connectivity index is 1.97. The van der Waals surface area contributed by atoms with E-state index in [9.17, 15) is 13.2 Å². The van der Waals surface area contributed by atoms with Gasteiger partial charge in [0, 0.05) is 11.6 Å². The maximum absolute atomic E-state index is 13.3. The number of benzene rings is 2. The van der Waals surface area contributed by atoms with Crippen LogP contribution in [0.1, 0.15) is 25.8 Å². The molecule has 0 aliphatic rings. The van der Waals surface area contributed by atoms with E-state index in [2.05, 4.69) is 15.3 Å². The fraction of sp³-hybridized carbons (Fsp3) is 0.273. The summed E-state index contributed by atoms with van der Waals surface area (Å²) in [6.07, 6.45) is 0.823. The first-order chi connectivity index (χ1) is 14.3. The number of hydrogen-bond acceptors (Lipinski definition) is 5. The highest BCUT2D eigenvalue weighted by molar-refractivity contribution is 8.00. The SMILES string of the molecule is CCC(C)NC(=O)CSc1nc(-c2ccccc2)[nH]c1S(=O)(=O)c1ccc(C)cc1. The number of hydrogen-bond donors (Lipinski definition) is 2. The Kier molecular flexibility index (Phi) is 6.99. The number of thioether (sulfide) groups is 1. The monoisotopic (exact) mass is 443 g/mol. The second-order valence-corrected chi connectivity index (χ2v) is 9.92. The van der Waals surface area contributed by atoms with Gasteiger partial charge in [0.05, 0.1) is 10.6 Å². The summed E-state index contributed by atoms with van der Waals surface area (Å²) >= 11 is 1.11. The number of aryl methyl sites for hydroxylation is 1. The maximum Gasteiger partial charge on any atom is 0.230 e. The van der Waals surface area contributed by atoms with Crippen molar-refractivity contribution in [2.75, 3.05) is 5.75 Å². The van der Waals surface area contributed by atoms with E-state index >= 15 is 0 Å². The third-order valence-electron chi connectivity index (χ3n) is 4.65. The van der Waals surface area contributed by atoms with E-state index in [0.29, 0.717) is 5.82 Å². The van der Waals surface area contributed by atoms with Gasteiger partial charge in [0.1, 0.15) is 10.9 Å². The van der Waals surface area contributed by atoms with E-state index in [1.165, 1.54) is 0 Å². The number of amides is 1. The minimum atomic E-state index is -3.82. The molecule has 0 saturated heterocycles. The Labute approximate surface area is 181 Å². The molecule has 8 heteroatoms. The van der Waals surface area contributed by atoms with Crippen LogP contribution in [0.5, 0.6) is 0 Å². The number of nitrogens with zero attached hydrogens (tertiary/aromatic N) is 1. The summed E-state index contributed by atoms with van der Waals surface area (Å²) in [5.41, 5.74) is 1.74. The molecular formula is C22H25N3O3S2. The highest BCUT2D eigenvalue weighted by Gasteiger charge is 2.27. The van der Waals surface area contributed by atoms with Crippen LogP contribution in [0.2, 0.25) is 0 Å². The molecule has 2 N–H and O–H groups in total. The van der Waals surface area contributed by atoms with Crippen LogP contribution in [0.3, 0.4) is 0 Å². The van der Waals surface area contributed by atoms with Gasteiger partial charge in [0.25, 0.3) is 0 Å². The topological polar surface area (TPSA) is 91.9 Å². The van der Waals surface area contributed by atoms with Crippen molar-refractivity contribution in [2.24, 2.45) is 0 Å². The fourth-order valence-corrected chi connectivity index (χ4v) is 5.17. The van der Waals surface area contributed by atoms with Crippen LogP contribution in [0.25, 0.3) is 11.4 Å². The summed E-state index contributed by atoms with van der Waals surface area (Å²) in [6, 6.07) is 16.0. The van der Waals surface area contributed by atoms with E-state index in [1.807, 2.05) is 51.1 Å². The molecule has 1 heterocycles. The van der Waals surface area contributed by atoms with Crippen molar-refractivity contribution < 1.29 is 13.2 Å². The number of aromatic nitrogens is 2. The Morgan fingerprint density at radius 2 is 1.80 bits per heavy atom. The Morgan fingerprint density at radius 1 is 1.13 bits per heavy atom.